The molecule has 2 aromatic rings. The van der Waals surface area contributed by atoms with E-state index < -0.39 is 0 Å². The lowest BCUT2D eigenvalue weighted by molar-refractivity contribution is -0.115. The van der Waals surface area contributed by atoms with Crippen molar-refractivity contribution in [2.75, 3.05) is 5.32 Å². The summed E-state index contributed by atoms with van der Waals surface area (Å²) < 4.78 is 10.6. The van der Waals surface area contributed by atoms with Crippen LogP contribution >= 0.6 is 11.3 Å². The second-order valence-corrected chi connectivity index (χ2v) is 8.64. The molecule has 0 spiro atoms. The second-order valence-electron chi connectivity index (χ2n) is 7.54. The third-order valence-electron chi connectivity index (χ3n) is 4.83. The number of hydrogen-bond donors (Lipinski definition) is 1. The topological polar surface area (TPSA) is 81.4 Å². The van der Waals surface area contributed by atoms with Crippen LogP contribution in [0.25, 0.3) is 0 Å². The Morgan fingerprint density at radius 1 is 1.37 bits per heavy atom. The number of esters is 1. The van der Waals surface area contributed by atoms with Gasteiger partial charge in [-0.25, -0.2) is 4.79 Å². The van der Waals surface area contributed by atoms with Crippen LogP contribution < -0.4 is 5.32 Å². The number of amides is 1. The van der Waals surface area contributed by atoms with Gasteiger partial charge in [-0.15, -0.1) is 11.3 Å². The number of ether oxygens (including phenoxy) is 1. The number of rotatable bonds is 5. The minimum atomic E-state index is -0.357. The fraction of sp³-hybridized carbons (Fsp3) is 0.550. The summed E-state index contributed by atoms with van der Waals surface area (Å²) in [5.74, 6) is 0.677. The van der Waals surface area contributed by atoms with Crippen molar-refractivity contribution in [3.8, 4) is 0 Å². The van der Waals surface area contributed by atoms with Crippen molar-refractivity contribution in [2.24, 2.45) is 5.92 Å². The number of thiophene rings is 1. The van der Waals surface area contributed by atoms with E-state index in [2.05, 4.69) is 17.4 Å². The minimum absolute atomic E-state index is 0.165. The molecule has 2 heterocycles. The Morgan fingerprint density at radius 2 is 2.11 bits per heavy atom. The maximum atomic E-state index is 12.7. The molecule has 146 valence electrons. The molecular formula is C20H26N2O4S. The number of aryl methyl sites for hydroxylation is 2. The van der Waals surface area contributed by atoms with E-state index in [1.807, 2.05) is 20.8 Å². The first kappa shape index (κ1) is 19.6. The van der Waals surface area contributed by atoms with Gasteiger partial charge in [0.15, 0.2) is 0 Å². The van der Waals surface area contributed by atoms with E-state index in [4.69, 9.17) is 9.26 Å². The van der Waals surface area contributed by atoms with Crippen molar-refractivity contribution in [2.45, 2.75) is 66.4 Å². The quantitative estimate of drug-likeness (QED) is 0.773. The van der Waals surface area contributed by atoms with Crippen LogP contribution in [0.3, 0.4) is 0 Å². The molecule has 3 rings (SSSR count). The fourth-order valence-electron chi connectivity index (χ4n) is 3.41. The zero-order valence-electron chi connectivity index (χ0n) is 16.5. The largest absolute Gasteiger partial charge is 0.459 e. The van der Waals surface area contributed by atoms with Crippen molar-refractivity contribution >= 4 is 28.2 Å². The van der Waals surface area contributed by atoms with Crippen molar-refractivity contribution in [3.63, 3.8) is 0 Å². The van der Waals surface area contributed by atoms with Crippen molar-refractivity contribution < 1.29 is 18.8 Å². The highest BCUT2D eigenvalue weighted by molar-refractivity contribution is 7.17. The van der Waals surface area contributed by atoms with Crippen molar-refractivity contribution in [1.29, 1.82) is 0 Å². The van der Waals surface area contributed by atoms with E-state index >= 15 is 0 Å². The average molecular weight is 391 g/mol. The summed E-state index contributed by atoms with van der Waals surface area (Å²) >= 11 is 1.50. The number of aromatic nitrogens is 1. The predicted octanol–water partition coefficient (Wildman–Crippen LogP) is 4.22. The average Bonchev–Trinajstić information content (AvgIpc) is 3.07. The van der Waals surface area contributed by atoms with E-state index in [-0.39, 0.29) is 24.4 Å². The highest BCUT2D eigenvalue weighted by Crippen LogP contribution is 2.40. The zero-order valence-corrected chi connectivity index (χ0v) is 17.3. The minimum Gasteiger partial charge on any atom is -0.459 e. The molecule has 0 aromatic carbocycles. The van der Waals surface area contributed by atoms with Crippen LogP contribution in [0, 0.1) is 19.8 Å². The summed E-state index contributed by atoms with van der Waals surface area (Å²) in [5, 5.41) is 7.42. The van der Waals surface area contributed by atoms with Crippen molar-refractivity contribution in [3.05, 3.63) is 33.0 Å². The van der Waals surface area contributed by atoms with Gasteiger partial charge in [0.25, 0.3) is 0 Å². The molecule has 1 amide bonds. The smallest absolute Gasteiger partial charge is 0.341 e. The number of nitrogens with one attached hydrogen (secondary N) is 1. The number of hydrogen-bond acceptors (Lipinski definition) is 6. The van der Waals surface area contributed by atoms with Gasteiger partial charge in [0, 0.05) is 10.4 Å². The van der Waals surface area contributed by atoms with E-state index in [0.717, 1.165) is 30.4 Å². The van der Waals surface area contributed by atoms with Crippen LogP contribution in [0.4, 0.5) is 5.00 Å². The molecule has 0 saturated carbocycles. The molecule has 0 bridgehead atoms. The number of carbonyl (C=O) groups is 2. The highest BCUT2D eigenvalue weighted by atomic mass is 32.1. The summed E-state index contributed by atoms with van der Waals surface area (Å²) in [4.78, 5) is 26.5. The standard InChI is InChI=1S/C20H26N2O4S/c1-10(2)25-20(24)18-14-7-6-11(3)8-16(14)27-19(18)21-17(23)9-15-12(4)22-26-13(15)5/h10-11H,6-9H2,1-5H3,(H,21,23). The van der Waals surface area contributed by atoms with Gasteiger partial charge >= 0.3 is 5.97 Å². The summed E-state index contributed by atoms with van der Waals surface area (Å²) in [5.41, 5.74) is 3.06. The van der Waals surface area contributed by atoms with Crippen LogP contribution in [0.2, 0.25) is 0 Å². The maximum absolute atomic E-state index is 12.7. The van der Waals surface area contributed by atoms with Gasteiger partial charge in [-0.1, -0.05) is 12.1 Å². The molecule has 0 aliphatic heterocycles. The van der Waals surface area contributed by atoms with E-state index in [1.165, 1.54) is 16.2 Å². The number of anilines is 1. The molecule has 7 heteroatoms. The molecule has 0 fully saturated rings. The molecule has 2 aromatic heterocycles. The number of nitrogens with zero attached hydrogens (tertiary/aromatic N) is 1. The number of carbonyl (C=O) groups excluding carboxylic acids is 2. The molecule has 27 heavy (non-hydrogen) atoms. The molecule has 1 N–H and O–H groups in total. The van der Waals surface area contributed by atoms with Gasteiger partial charge in [-0.05, 0) is 58.4 Å². The Bertz CT molecular complexity index is 846. The SMILES string of the molecule is Cc1noc(C)c1CC(=O)Nc1sc2c(c1C(=O)OC(C)C)CCC(C)C2. The second kappa shape index (κ2) is 7.84. The third-order valence-corrected chi connectivity index (χ3v) is 6.00. The summed E-state index contributed by atoms with van der Waals surface area (Å²) in [6, 6.07) is 0. The van der Waals surface area contributed by atoms with Crippen LogP contribution in [-0.4, -0.2) is 23.1 Å². The predicted molar refractivity (Wildman–Crippen MR) is 104 cm³/mol. The van der Waals surface area contributed by atoms with Gasteiger partial charge in [0.1, 0.15) is 10.8 Å². The first-order chi connectivity index (χ1) is 12.8. The maximum Gasteiger partial charge on any atom is 0.341 e. The first-order valence-electron chi connectivity index (χ1n) is 9.33. The van der Waals surface area contributed by atoms with Crippen LogP contribution in [0.5, 0.6) is 0 Å². The van der Waals surface area contributed by atoms with Gasteiger partial charge in [0.05, 0.1) is 23.8 Å². The molecule has 1 aliphatic carbocycles. The molecule has 6 nitrogen and oxygen atoms in total. The lowest BCUT2D eigenvalue weighted by Crippen LogP contribution is -2.19. The lowest BCUT2D eigenvalue weighted by Gasteiger charge is -2.18. The van der Waals surface area contributed by atoms with Gasteiger partial charge in [0.2, 0.25) is 5.91 Å². The van der Waals surface area contributed by atoms with Gasteiger partial charge in [-0.3, -0.25) is 4.79 Å². The highest BCUT2D eigenvalue weighted by Gasteiger charge is 2.29. The molecular weight excluding hydrogens is 364 g/mol. The molecule has 1 unspecified atom stereocenters. The summed E-state index contributed by atoms with van der Waals surface area (Å²) in [7, 11) is 0. The van der Waals surface area contributed by atoms with Crippen molar-refractivity contribution in [1.82, 2.24) is 5.16 Å². The molecule has 0 saturated heterocycles. The van der Waals surface area contributed by atoms with Gasteiger partial charge < -0.3 is 14.6 Å². The van der Waals surface area contributed by atoms with Gasteiger partial charge in [-0.2, -0.15) is 0 Å². The van der Waals surface area contributed by atoms with Crippen LogP contribution in [0.15, 0.2) is 4.52 Å². The number of fused-ring (bicyclic) bond motifs is 1. The summed E-state index contributed by atoms with van der Waals surface area (Å²) in [6.45, 7) is 9.47. The lowest BCUT2D eigenvalue weighted by atomic mass is 9.88. The first-order valence-corrected chi connectivity index (χ1v) is 10.1. The van der Waals surface area contributed by atoms with E-state index in [0.29, 0.717) is 27.9 Å². The Hall–Kier alpha value is -2.15. The monoisotopic (exact) mass is 390 g/mol. The molecule has 1 atom stereocenters. The van der Waals surface area contributed by atoms with Crippen LogP contribution in [0.1, 0.15) is 65.0 Å². The van der Waals surface area contributed by atoms with E-state index in [9.17, 15) is 9.59 Å². The molecule has 0 radical (unpaired) electrons. The van der Waals surface area contributed by atoms with E-state index in [1.54, 1.807) is 6.92 Å². The Labute approximate surface area is 163 Å². The van der Waals surface area contributed by atoms with Crippen LogP contribution in [-0.2, 0) is 28.8 Å². The Morgan fingerprint density at radius 3 is 2.74 bits per heavy atom. The fourth-order valence-corrected chi connectivity index (χ4v) is 4.83. The third kappa shape index (κ3) is 4.24. The Balaban J connectivity index is 1.87. The summed E-state index contributed by atoms with van der Waals surface area (Å²) in [6.07, 6.45) is 2.77. The normalized spacial score (nSPS) is 16.3. The Kier molecular flexibility index (Phi) is 5.69. The zero-order chi connectivity index (χ0) is 19.7. The molecule has 1 aliphatic rings.